The maximum atomic E-state index is 14.2. The zero-order chi connectivity index (χ0) is 17.5. The van der Waals surface area contributed by atoms with Crippen LogP contribution >= 0.6 is 0 Å². The second kappa shape index (κ2) is 5.56. The Morgan fingerprint density at radius 1 is 0.870 bits per heavy atom. The maximum absolute atomic E-state index is 14.2. The highest BCUT2D eigenvalue weighted by Crippen LogP contribution is 2.52. The van der Waals surface area contributed by atoms with Gasteiger partial charge in [-0.3, -0.25) is 0 Å². The molecule has 2 aromatic rings. The molecule has 1 atom stereocenters. The normalized spacial score (nSPS) is 15.3. The number of aliphatic hydroxyl groups is 1. The third kappa shape index (κ3) is 2.69. The lowest BCUT2D eigenvalue weighted by molar-refractivity contribution is -0.336. The van der Waals surface area contributed by atoms with Gasteiger partial charge in [0.1, 0.15) is 5.82 Å². The van der Waals surface area contributed by atoms with Crippen LogP contribution in [0.25, 0.3) is 0 Å². The summed E-state index contributed by atoms with van der Waals surface area (Å²) in [5.41, 5.74) is -5.26. The molecule has 23 heavy (non-hydrogen) atoms. The molecular weight excluding hydrogens is 322 g/mol. The van der Waals surface area contributed by atoms with Crippen molar-refractivity contribution in [1.29, 1.82) is 0 Å². The Labute approximate surface area is 128 Å². The molecule has 0 radical (unpaired) electrons. The minimum Gasteiger partial charge on any atom is -0.374 e. The fourth-order valence-electron chi connectivity index (χ4n) is 2.40. The molecule has 2 aromatic carbocycles. The van der Waals surface area contributed by atoms with E-state index >= 15 is 0 Å². The van der Waals surface area contributed by atoms with E-state index in [1.165, 1.54) is 25.1 Å². The Hall–Kier alpha value is -2.02. The van der Waals surface area contributed by atoms with Gasteiger partial charge in [-0.15, -0.1) is 0 Å². The first-order valence-corrected chi connectivity index (χ1v) is 6.51. The van der Waals surface area contributed by atoms with E-state index in [-0.39, 0.29) is 5.56 Å². The highest BCUT2D eigenvalue weighted by atomic mass is 19.4. The van der Waals surface area contributed by atoms with Crippen molar-refractivity contribution >= 4 is 0 Å². The molecule has 0 saturated carbocycles. The first-order chi connectivity index (χ1) is 10.5. The number of alkyl halides is 5. The van der Waals surface area contributed by atoms with Gasteiger partial charge in [-0.1, -0.05) is 36.4 Å². The van der Waals surface area contributed by atoms with Gasteiger partial charge in [-0.2, -0.15) is 22.0 Å². The summed E-state index contributed by atoms with van der Waals surface area (Å²) in [5.74, 6) is -6.56. The topological polar surface area (TPSA) is 20.2 Å². The van der Waals surface area contributed by atoms with Crippen LogP contribution < -0.4 is 0 Å². The van der Waals surface area contributed by atoms with Gasteiger partial charge in [0.05, 0.1) is 0 Å². The van der Waals surface area contributed by atoms with Crippen LogP contribution in [-0.2, 0) is 5.60 Å². The quantitative estimate of drug-likeness (QED) is 0.816. The van der Waals surface area contributed by atoms with E-state index < -0.39 is 34.6 Å². The van der Waals surface area contributed by atoms with Crippen LogP contribution in [0, 0.1) is 12.7 Å². The van der Waals surface area contributed by atoms with Gasteiger partial charge in [0, 0.05) is 0 Å². The number of hydrogen-bond donors (Lipinski definition) is 1. The Balaban J connectivity index is 2.83. The van der Waals surface area contributed by atoms with Crippen molar-refractivity contribution in [3.8, 4) is 0 Å². The first kappa shape index (κ1) is 17.3. The summed E-state index contributed by atoms with van der Waals surface area (Å²) in [4.78, 5) is 0. The van der Waals surface area contributed by atoms with Crippen molar-refractivity contribution in [2.24, 2.45) is 0 Å². The molecule has 124 valence electrons. The molecule has 1 N–H and O–H groups in total. The zero-order valence-corrected chi connectivity index (χ0v) is 11.8. The van der Waals surface area contributed by atoms with E-state index in [0.717, 1.165) is 24.3 Å². The van der Waals surface area contributed by atoms with E-state index in [0.29, 0.717) is 6.07 Å². The molecular formula is C16H12F6O. The highest BCUT2D eigenvalue weighted by molar-refractivity contribution is 5.43. The van der Waals surface area contributed by atoms with Crippen molar-refractivity contribution in [2.75, 3.05) is 0 Å². The molecule has 1 nitrogen and oxygen atoms in total. The predicted octanol–water partition coefficient (Wildman–Crippen LogP) is 4.57. The number of halogens is 6. The van der Waals surface area contributed by atoms with E-state index in [1.54, 1.807) is 0 Å². The average molecular weight is 334 g/mol. The van der Waals surface area contributed by atoms with Gasteiger partial charge >= 0.3 is 12.1 Å². The van der Waals surface area contributed by atoms with Crippen LogP contribution in [0.3, 0.4) is 0 Å². The molecule has 0 aliphatic heterocycles. The molecule has 0 heterocycles. The SMILES string of the molecule is Cc1ccccc1C(O)(c1cccc(F)c1)C(F)(F)C(F)(F)F. The molecule has 0 spiro atoms. The van der Waals surface area contributed by atoms with Gasteiger partial charge in [-0.05, 0) is 35.7 Å². The van der Waals surface area contributed by atoms with Crippen molar-refractivity contribution in [2.45, 2.75) is 24.6 Å². The van der Waals surface area contributed by atoms with Crippen LogP contribution in [-0.4, -0.2) is 17.2 Å². The molecule has 2 rings (SSSR count). The number of aryl methyl sites for hydroxylation is 1. The van der Waals surface area contributed by atoms with Crippen molar-refractivity contribution in [3.63, 3.8) is 0 Å². The molecule has 0 saturated heterocycles. The van der Waals surface area contributed by atoms with Crippen LogP contribution in [0.15, 0.2) is 48.5 Å². The fraction of sp³-hybridized carbons (Fsp3) is 0.250. The summed E-state index contributed by atoms with van der Waals surface area (Å²) in [5, 5.41) is 10.5. The first-order valence-electron chi connectivity index (χ1n) is 6.51. The van der Waals surface area contributed by atoms with Gasteiger partial charge < -0.3 is 5.11 Å². The second-order valence-electron chi connectivity index (χ2n) is 5.11. The molecule has 0 fully saturated rings. The highest BCUT2D eigenvalue weighted by Gasteiger charge is 2.71. The van der Waals surface area contributed by atoms with E-state index in [2.05, 4.69) is 0 Å². The maximum Gasteiger partial charge on any atom is 0.457 e. The third-order valence-electron chi connectivity index (χ3n) is 3.59. The Bertz CT molecular complexity index is 710. The molecule has 0 aromatic heterocycles. The van der Waals surface area contributed by atoms with Crippen molar-refractivity contribution in [1.82, 2.24) is 0 Å². The van der Waals surface area contributed by atoms with Crippen LogP contribution in [0.1, 0.15) is 16.7 Å². The van der Waals surface area contributed by atoms with E-state index in [4.69, 9.17) is 0 Å². The monoisotopic (exact) mass is 334 g/mol. The molecule has 1 unspecified atom stereocenters. The Morgan fingerprint density at radius 2 is 1.48 bits per heavy atom. The summed E-state index contributed by atoms with van der Waals surface area (Å²) < 4.78 is 80.5. The minimum atomic E-state index is -6.03. The van der Waals surface area contributed by atoms with Crippen LogP contribution in [0.2, 0.25) is 0 Å². The molecule has 0 amide bonds. The summed E-state index contributed by atoms with van der Waals surface area (Å²) in [7, 11) is 0. The number of rotatable bonds is 3. The van der Waals surface area contributed by atoms with Gasteiger partial charge in [0.2, 0.25) is 0 Å². The third-order valence-corrected chi connectivity index (χ3v) is 3.59. The second-order valence-corrected chi connectivity index (χ2v) is 5.11. The number of hydrogen-bond acceptors (Lipinski definition) is 1. The fourth-order valence-corrected chi connectivity index (χ4v) is 2.40. The van der Waals surface area contributed by atoms with Crippen LogP contribution in [0.5, 0.6) is 0 Å². The number of benzene rings is 2. The molecule has 0 bridgehead atoms. The standard InChI is InChI=1S/C16H12F6O/c1-10-5-2-3-8-13(10)14(23,15(18,19)16(20,21)22)11-6-4-7-12(17)9-11/h2-9,23H,1H3. The van der Waals surface area contributed by atoms with Crippen molar-refractivity contribution < 1.29 is 31.4 Å². The van der Waals surface area contributed by atoms with Gasteiger partial charge in [0.25, 0.3) is 0 Å². The van der Waals surface area contributed by atoms with Gasteiger partial charge in [-0.25, -0.2) is 4.39 Å². The molecule has 7 heteroatoms. The Morgan fingerprint density at radius 3 is 2.00 bits per heavy atom. The largest absolute Gasteiger partial charge is 0.457 e. The summed E-state index contributed by atoms with van der Waals surface area (Å²) in [6.07, 6.45) is -6.03. The van der Waals surface area contributed by atoms with Crippen molar-refractivity contribution in [3.05, 3.63) is 71.0 Å². The Kier molecular flexibility index (Phi) is 4.19. The molecule has 0 aliphatic rings. The van der Waals surface area contributed by atoms with E-state index in [9.17, 15) is 31.4 Å². The van der Waals surface area contributed by atoms with E-state index in [1.807, 2.05) is 0 Å². The van der Waals surface area contributed by atoms with Crippen LogP contribution in [0.4, 0.5) is 26.3 Å². The lowest BCUT2D eigenvalue weighted by Gasteiger charge is -2.38. The average Bonchev–Trinajstić information content (AvgIpc) is 2.45. The summed E-state index contributed by atoms with van der Waals surface area (Å²) in [6, 6.07) is 8.02. The molecule has 0 aliphatic carbocycles. The van der Waals surface area contributed by atoms with Gasteiger partial charge in [0.15, 0.2) is 5.60 Å². The predicted molar refractivity (Wildman–Crippen MR) is 71.6 cm³/mol. The summed E-state index contributed by atoms with van der Waals surface area (Å²) in [6.45, 7) is 1.28. The minimum absolute atomic E-state index is 0.0168. The lowest BCUT2D eigenvalue weighted by Crippen LogP contribution is -2.55. The lowest BCUT2D eigenvalue weighted by atomic mass is 9.78. The smallest absolute Gasteiger partial charge is 0.374 e. The zero-order valence-electron chi connectivity index (χ0n) is 11.8. The summed E-state index contributed by atoms with van der Waals surface area (Å²) >= 11 is 0.